The number of carboxylic acids is 1. The van der Waals surface area contributed by atoms with Gasteiger partial charge in [0.15, 0.2) is 0 Å². The summed E-state index contributed by atoms with van der Waals surface area (Å²) in [6, 6.07) is 0. The summed E-state index contributed by atoms with van der Waals surface area (Å²) in [6.45, 7) is 2.42. The van der Waals surface area contributed by atoms with Gasteiger partial charge in [-0.2, -0.15) is 0 Å². The van der Waals surface area contributed by atoms with E-state index in [1.807, 2.05) is 6.92 Å². The molecule has 0 aromatic carbocycles. The number of aliphatic carboxylic acids is 1. The summed E-state index contributed by atoms with van der Waals surface area (Å²) in [7, 11) is 0. The minimum Gasteiger partial charge on any atom is -0.480 e. The summed E-state index contributed by atoms with van der Waals surface area (Å²) in [4.78, 5) is 9.84. The van der Waals surface area contributed by atoms with Crippen molar-refractivity contribution in [1.82, 2.24) is 0 Å². The Bertz CT molecular complexity index is 85.8. The topological polar surface area (TPSA) is 46.5 Å². The maximum Gasteiger partial charge on any atom is 1.00 e. The average Bonchev–Trinajstić information content (AvgIpc) is 1.80. The van der Waals surface area contributed by atoms with E-state index >= 15 is 0 Å². The van der Waals surface area contributed by atoms with Gasteiger partial charge in [0.1, 0.15) is 6.61 Å². The van der Waals surface area contributed by atoms with Crippen molar-refractivity contribution >= 4 is 5.97 Å². The van der Waals surface area contributed by atoms with Crippen LogP contribution in [-0.2, 0) is 9.53 Å². The molecule has 0 aromatic heterocycles. The van der Waals surface area contributed by atoms with Crippen molar-refractivity contribution in [1.29, 1.82) is 0 Å². The molecular weight excluding hydrogens is 139 g/mol. The normalized spacial score (nSPS) is 7.73. The number of unbranched alkanes of at least 4 members (excludes halogenated alkanes) is 1. The number of carbonyl (C=O) groups is 1. The molecule has 0 aromatic rings. The second-order valence-electron chi connectivity index (χ2n) is 1.80. The molecule has 0 aliphatic rings. The molecule has 0 heterocycles. The summed E-state index contributed by atoms with van der Waals surface area (Å²) in [6.07, 6.45) is 1.98. The molecule has 11 heavy (non-hydrogen) atoms. The van der Waals surface area contributed by atoms with Crippen LogP contribution in [0.1, 0.15) is 19.8 Å². The fraction of sp³-hybridized carbons (Fsp3) is 0.714. The molecule has 0 saturated carbocycles. The fourth-order valence-corrected chi connectivity index (χ4v) is 0.406. The first-order valence-electron chi connectivity index (χ1n) is 3.07. The van der Waals surface area contributed by atoms with Crippen LogP contribution >= 0.6 is 0 Å². The monoisotopic (exact) mass is 154 g/mol. The second-order valence-corrected chi connectivity index (χ2v) is 1.80. The molecule has 62 valence electrons. The van der Waals surface area contributed by atoms with Crippen molar-refractivity contribution < 1.29 is 33.5 Å². The van der Waals surface area contributed by atoms with Crippen molar-refractivity contribution in [2.75, 3.05) is 13.2 Å². The Morgan fingerprint density at radius 2 is 2.09 bits per heavy atom. The Kier molecular flexibility index (Phi) is 19.8. The first kappa shape index (κ1) is 17.2. The van der Waals surface area contributed by atoms with Gasteiger partial charge in [0.2, 0.25) is 0 Å². The number of carboxylic acid groups (broad SMARTS) is 1. The van der Waals surface area contributed by atoms with Gasteiger partial charge in [0.05, 0.1) is 0 Å². The standard InChI is InChI=1S/C6H12O3.CH3.Li/c1-2-3-4-9-5-6(7)8;;/h2-5H2,1H3,(H,7,8);1H3;/q;-1;+1. The molecule has 0 unspecified atom stereocenters. The van der Waals surface area contributed by atoms with E-state index in [0.717, 1.165) is 12.8 Å². The van der Waals surface area contributed by atoms with Crippen LogP contribution in [0.3, 0.4) is 0 Å². The van der Waals surface area contributed by atoms with Crippen LogP contribution in [-0.4, -0.2) is 24.3 Å². The molecule has 0 aliphatic carbocycles. The third-order valence-corrected chi connectivity index (χ3v) is 0.868. The summed E-state index contributed by atoms with van der Waals surface area (Å²) < 4.78 is 4.74. The van der Waals surface area contributed by atoms with Gasteiger partial charge < -0.3 is 17.3 Å². The van der Waals surface area contributed by atoms with Crippen molar-refractivity contribution in [3.63, 3.8) is 0 Å². The van der Waals surface area contributed by atoms with Crippen molar-refractivity contribution in [3.8, 4) is 0 Å². The summed E-state index contributed by atoms with van der Waals surface area (Å²) >= 11 is 0. The van der Waals surface area contributed by atoms with Gasteiger partial charge in [-0.05, 0) is 6.42 Å². The zero-order valence-corrected chi connectivity index (χ0v) is 7.59. The number of hydrogen-bond acceptors (Lipinski definition) is 2. The van der Waals surface area contributed by atoms with E-state index in [1.165, 1.54) is 0 Å². The Balaban J connectivity index is -0.000000320. The molecule has 0 rings (SSSR count). The quantitative estimate of drug-likeness (QED) is 0.293. The number of hydrogen-bond donors (Lipinski definition) is 1. The van der Waals surface area contributed by atoms with Gasteiger partial charge in [0, 0.05) is 6.61 Å². The van der Waals surface area contributed by atoms with Crippen LogP contribution in [0, 0.1) is 7.43 Å². The van der Waals surface area contributed by atoms with Gasteiger partial charge in [-0.1, -0.05) is 13.3 Å². The zero-order chi connectivity index (χ0) is 7.11. The molecule has 0 bridgehead atoms. The van der Waals surface area contributed by atoms with Gasteiger partial charge in [0.25, 0.3) is 0 Å². The third-order valence-electron chi connectivity index (χ3n) is 0.868. The van der Waals surface area contributed by atoms with Crippen molar-refractivity contribution in [2.24, 2.45) is 0 Å². The number of rotatable bonds is 5. The molecule has 4 heteroatoms. The average molecular weight is 154 g/mol. The van der Waals surface area contributed by atoms with E-state index in [-0.39, 0.29) is 32.9 Å². The maximum atomic E-state index is 9.84. The largest absolute Gasteiger partial charge is 1.00 e. The Labute approximate surface area is 80.3 Å². The van der Waals surface area contributed by atoms with Crippen LogP contribution in [0.2, 0.25) is 0 Å². The van der Waals surface area contributed by atoms with E-state index in [2.05, 4.69) is 0 Å². The van der Waals surface area contributed by atoms with Crippen molar-refractivity contribution in [3.05, 3.63) is 7.43 Å². The van der Waals surface area contributed by atoms with Crippen LogP contribution < -0.4 is 18.9 Å². The molecule has 1 N–H and O–H groups in total. The summed E-state index contributed by atoms with van der Waals surface area (Å²) in [5, 5.41) is 8.09. The minimum atomic E-state index is -0.897. The zero-order valence-electron chi connectivity index (χ0n) is 7.59. The molecule has 0 spiro atoms. The Morgan fingerprint density at radius 1 is 1.55 bits per heavy atom. The molecule has 0 radical (unpaired) electrons. The van der Waals surface area contributed by atoms with Crippen LogP contribution in [0.5, 0.6) is 0 Å². The maximum absolute atomic E-state index is 9.84. The Morgan fingerprint density at radius 3 is 2.45 bits per heavy atom. The van der Waals surface area contributed by atoms with Crippen LogP contribution in [0.4, 0.5) is 0 Å². The molecule has 0 atom stereocenters. The molecule has 0 aliphatic heterocycles. The minimum absolute atomic E-state index is 0. The Hall–Kier alpha value is 0.0274. The number of ether oxygens (including phenoxy) is 1. The van der Waals surface area contributed by atoms with E-state index in [0.29, 0.717) is 6.61 Å². The molecule has 0 amide bonds. The van der Waals surface area contributed by atoms with E-state index in [9.17, 15) is 4.79 Å². The SMILES string of the molecule is CCCCOCC(=O)O.[CH3-].[Li+]. The molecular formula is C7H15LiO3. The van der Waals surface area contributed by atoms with Gasteiger partial charge in [-0.25, -0.2) is 4.79 Å². The van der Waals surface area contributed by atoms with Crippen LogP contribution in [0.25, 0.3) is 0 Å². The van der Waals surface area contributed by atoms with E-state index in [1.54, 1.807) is 0 Å². The van der Waals surface area contributed by atoms with Gasteiger partial charge >= 0.3 is 24.8 Å². The van der Waals surface area contributed by atoms with Gasteiger partial charge in [-0.15, -0.1) is 0 Å². The van der Waals surface area contributed by atoms with Crippen LogP contribution in [0.15, 0.2) is 0 Å². The summed E-state index contributed by atoms with van der Waals surface area (Å²) in [5.41, 5.74) is 0. The first-order chi connectivity index (χ1) is 4.27. The smallest absolute Gasteiger partial charge is 0.480 e. The van der Waals surface area contributed by atoms with E-state index in [4.69, 9.17) is 9.84 Å². The van der Waals surface area contributed by atoms with Gasteiger partial charge in [-0.3, -0.25) is 0 Å². The predicted molar refractivity (Wildman–Crippen MR) is 39.8 cm³/mol. The first-order valence-corrected chi connectivity index (χ1v) is 3.07. The fourth-order valence-electron chi connectivity index (χ4n) is 0.406. The van der Waals surface area contributed by atoms with E-state index < -0.39 is 5.97 Å². The molecule has 3 nitrogen and oxygen atoms in total. The second kappa shape index (κ2) is 12.7. The molecule has 0 saturated heterocycles. The summed E-state index contributed by atoms with van der Waals surface area (Å²) in [5.74, 6) is -0.897. The molecule has 0 fully saturated rings. The predicted octanol–water partition coefficient (Wildman–Crippen LogP) is -1.66. The third kappa shape index (κ3) is 17.8. The van der Waals surface area contributed by atoms with Crippen molar-refractivity contribution in [2.45, 2.75) is 19.8 Å².